The van der Waals surface area contributed by atoms with Gasteiger partial charge in [-0.2, -0.15) is 0 Å². The van der Waals surface area contributed by atoms with E-state index in [2.05, 4.69) is 5.32 Å². The summed E-state index contributed by atoms with van der Waals surface area (Å²) in [6.45, 7) is 2.79. The molecule has 5 rings (SSSR count). The SMILES string of the molecule is O=C(O)c1cn(C2CC2)c2cc(N3CCNC(C4CCCO4)C3)c(F)cc2c1=O. The molecule has 1 aromatic heterocycles. The van der Waals surface area contributed by atoms with E-state index in [1.807, 2.05) is 9.47 Å². The molecule has 7 nitrogen and oxygen atoms in total. The number of anilines is 1. The molecule has 2 unspecified atom stereocenters. The lowest BCUT2D eigenvalue weighted by Crippen LogP contribution is -2.55. The summed E-state index contributed by atoms with van der Waals surface area (Å²) in [5.41, 5.74) is 0.120. The molecule has 154 valence electrons. The van der Waals surface area contributed by atoms with Gasteiger partial charge in [-0.15, -0.1) is 0 Å². The molecule has 2 aromatic rings. The third-order valence-corrected chi connectivity index (χ3v) is 6.23. The zero-order valence-corrected chi connectivity index (χ0v) is 16.1. The highest BCUT2D eigenvalue weighted by atomic mass is 19.1. The number of carboxylic acids is 1. The molecule has 8 heteroatoms. The number of nitrogens with one attached hydrogen (secondary N) is 1. The van der Waals surface area contributed by atoms with Crippen molar-refractivity contribution >= 4 is 22.6 Å². The number of piperazine rings is 1. The summed E-state index contributed by atoms with van der Waals surface area (Å²) in [6, 6.07) is 3.23. The van der Waals surface area contributed by atoms with Crippen LogP contribution in [0.3, 0.4) is 0 Å². The van der Waals surface area contributed by atoms with Crippen LogP contribution in [-0.4, -0.2) is 54.0 Å². The molecule has 1 saturated carbocycles. The molecule has 2 aliphatic heterocycles. The van der Waals surface area contributed by atoms with Crippen molar-refractivity contribution in [3.05, 3.63) is 39.9 Å². The topological polar surface area (TPSA) is 83.8 Å². The molecule has 1 aromatic carbocycles. The van der Waals surface area contributed by atoms with Crippen molar-refractivity contribution in [1.29, 1.82) is 0 Å². The average molecular weight is 401 g/mol. The first-order valence-electron chi connectivity index (χ1n) is 10.2. The second-order valence-electron chi connectivity index (χ2n) is 8.19. The zero-order valence-electron chi connectivity index (χ0n) is 16.1. The molecular weight excluding hydrogens is 377 g/mol. The molecular formula is C21H24FN3O4. The number of carbonyl (C=O) groups is 1. The Morgan fingerprint density at radius 3 is 2.79 bits per heavy atom. The fourth-order valence-corrected chi connectivity index (χ4v) is 4.57. The number of pyridine rings is 1. The smallest absolute Gasteiger partial charge is 0.341 e. The van der Waals surface area contributed by atoms with Crippen LogP contribution in [-0.2, 0) is 4.74 Å². The maximum Gasteiger partial charge on any atom is 0.341 e. The van der Waals surface area contributed by atoms with Crippen LogP contribution in [0.15, 0.2) is 23.1 Å². The maximum absolute atomic E-state index is 15.1. The number of hydrogen-bond acceptors (Lipinski definition) is 5. The highest BCUT2D eigenvalue weighted by Crippen LogP contribution is 2.38. The molecule has 2 atom stereocenters. The maximum atomic E-state index is 15.1. The van der Waals surface area contributed by atoms with Crippen LogP contribution in [0, 0.1) is 5.82 Å². The van der Waals surface area contributed by atoms with Crippen molar-refractivity contribution in [3.8, 4) is 0 Å². The number of rotatable bonds is 4. The molecule has 2 N–H and O–H groups in total. The fourth-order valence-electron chi connectivity index (χ4n) is 4.57. The van der Waals surface area contributed by atoms with Crippen LogP contribution in [0.1, 0.15) is 42.1 Å². The van der Waals surface area contributed by atoms with Crippen molar-refractivity contribution in [2.24, 2.45) is 0 Å². The largest absolute Gasteiger partial charge is 0.477 e. The second-order valence-corrected chi connectivity index (χ2v) is 8.19. The molecule has 1 aliphatic carbocycles. The Morgan fingerprint density at radius 1 is 1.28 bits per heavy atom. The van der Waals surface area contributed by atoms with E-state index in [0.29, 0.717) is 24.3 Å². The van der Waals surface area contributed by atoms with Crippen LogP contribution >= 0.6 is 0 Å². The van der Waals surface area contributed by atoms with Crippen LogP contribution in [0.25, 0.3) is 10.9 Å². The minimum atomic E-state index is -1.28. The van der Waals surface area contributed by atoms with Crippen molar-refractivity contribution in [2.75, 3.05) is 31.1 Å². The van der Waals surface area contributed by atoms with Gasteiger partial charge < -0.3 is 24.6 Å². The molecule has 3 heterocycles. The van der Waals surface area contributed by atoms with Crippen molar-refractivity contribution in [1.82, 2.24) is 9.88 Å². The Balaban J connectivity index is 1.57. The summed E-state index contributed by atoms with van der Waals surface area (Å²) < 4.78 is 22.7. The Bertz CT molecular complexity index is 1030. The van der Waals surface area contributed by atoms with E-state index in [9.17, 15) is 14.7 Å². The predicted octanol–water partition coefficient (Wildman–Crippen LogP) is 2.13. The lowest BCUT2D eigenvalue weighted by atomic mass is 10.0. The first-order valence-corrected chi connectivity index (χ1v) is 10.2. The monoisotopic (exact) mass is 401 g/mol. The summed E-state index contributed by atoms with van der Waals surface area (Å²) in [5, 5.41) is 13.0. The van der Waals surface area contributed by atoms with Crippen LogP contribution in [0.2, 0.25) is 0 Å². The number of aromatic carboxylic acids is 1. The quantitative estimate of drug-likeness (QED) is 0.817. The predicted molar refractivity (Wildman–Crippen MR) is 106 cm³/mol. The van der Waals surface area contributed by atoms with Crippen LogP contribution in [0.4, 0.5) is 10.1 Å². The average Bonchev–Trinajstić information content (AvgIpc) is 3.41. The Hall–Kier alpha value is -2.45. The van der Waals surface area contributed by atoms with Gasteiger partial charge in [0.15, 0.2) is 0 Å². The summed E-state index contributed by atoms with van der Waals surface area (Å²) >= 11 is 0. The zero-order chi connectivity index (χ0) is 20.1. The van der Waals surface area contributed by atoms with Crippen molar-refractivity contribution in [3.63, 3.8) is 0 Å². The van der Waals surface area contributed by atoms with Gasteiger partial charge in [-0.25, -0.2) is 9.18 Å². The summed E-state index contributed by atoms with van der Waals surface area (Å²) in [5.74, 6) is -1.77. The highest BCUT2D eigenvalue weighted by molar-refractivity contribution is 5.93. The molecule has 0 spiro atoms. The summed E-state index contributed by atoms with van der Waals surface area (Å²) in [7, 11) is 0. The van der Waals surface area contributed by atoms with Crippen molar-refractivity contribution < 1.29 is 19.0 Å². The molecule has 0 bridgehead atoms. The standard InChI is InChI=1S/C21H24FN3O4/c22-15-8-13-17(25(12-3-4-12)10-14(20(13)26)21(27)28)9-18(15)24-6-5-23-16(11-24)19-2-1-7-29-19/h8-10,12,16,19,23H,1-7,11H2,(H,27,28). The number of halogens is 1. The third kappa shape index (κ3) is 3.30. The van der Waals surface area contributed by atoms with Crippen LogP contribution in [0.5, 0.6) is 0 Å². The Morgan fingerprint density at radius 2 is 2.10 bits per heavy atom. The van der Waals surface area contributed by atoms with Gasteiger partial charge in [-0.05, 0) is 37.8 Å². The summed E-state index contributed by atoms with van der Waals surface area (Å²) in [4.78, 5) is 26.1. The molecule has 3 fully saturated rings. The van der Waals surface area contributed by atoms with Crippen LogP contribution < -0.4 is 15.6 Å². The number of aromatic nitrogens is 1. The first-order chi connectivity index (χ1) is 14.0. The van der Waals surface area contributed by atoms with Gasteiger partial charge in [-0.3, -0.25) is 4.79 Å². The number of fused-ring (bicyclic) bond motifs is 1. The number of ether oxygens (including phenoxy) is 1. The lowest BCUT2D eigenvalue weighted by Gasteiger charge is -2.37. The van der Waals surface area contributed by atoms with E-state index in [-0.39, 0.29) is 29.1 Å². The lowest BCUT2D eigenvalue weighted by molar-refractivity contribution is 0.0694. The third-order valence-electron chi connectivity index (χ3n) is 6.23. The number of benzene rings is 1. The van der Waals surface area contributed by atoms with Crippen molar-refractivity contribution in [2.45, 2.75) is 43.9 Å². The van der Waals surface area contributed by atoms with Gasteiger partial charge in [-0.1, -0.05) is 0 Å². The van der Waals surface area contributed by atoms with Gasteiger partial charge >= 0.3 is 5.97 Å². The number of hydrogen-bond donors (Lipinski definition) is 2. The van der Waals surface area contributed by atoms with E-state index in [0.717, 1.165) is 38.8 Å². The minimum absolute atomic E-state index is 0.129. The second kappa shape index (κ2) is 7.11. The first kappa shape index (κ1) is 18.6. The number of carboxylic acid groups (broad SMARTS) is 1. The van der Waals surface area contributed by atoms with E-state index in [1.165, 1.54) is 12.3 Å². The highest BCUT2D eigenvalue weighted by Gasteiger charge is 2.32. The molecule has 3 aliphatic rings. The molecule has 2 saturated heterocycles. The molecule has 29 heavy (non-hydrogen) atoms. The van der Waals surface area contributed by atoms with E-state index >= 15 is 4.39 Å². The fraction of sp³-hybridized carbons (Fsp3) is 0.524. The normalized spacial score (nSPS) is 24.9. The Kier molecular flexibility index (Phi) is 4.55. The Labute approximate surface area is 167 Å². The van der Waals surface area contributed by atoms with Gasteiger partial charge in [0, 0.05) is 43.9 Å². The van der Waals surface area contributed by atoms with Gasteiger partial charge in [0.05, 0.1) is 23.3 Å². The van der Waals surface area contributed by atoms with Gasteiger partial charge in [0.25, 0.3) is 0 Å². The van der Waals surface area contributed by atoms with Gasteiger partial charge in [0.2, 0.25) is 5.43 Å². The van der Waals surface area contributed by atoms with E-state index in [4.69, 9.17) is 4.74 Å². The van der Waals surface area contributed by atoms with E-state index in [1.54, 1.807) is 6.07 Å². The summed E-state index contributed by atoms with van der Waals surface area (Å²) in [6.07, 6.45) is 5.47. The molecule has 0 radical (unpaired) electrons. The molecule has 0 amide bonds. The number of nitrogens with zero attached hydrogens (tertiary/aromatic N) is 2. The van der Waals surface area contributed by atoms with E-state index < -0.39 is 17.2 Å². The minimum Gasteiger partial charge on any atom is -0.477 e. The van der Waals surface area contributed by atoms with Gasteiger partial charge in [0.1, 0.15) is 11.4 Å².